The Bertz CT molecular complexity index is 352. The van der Waals surface area contributed by atoms with E-state index in [-0.39, 0.29) is 0 Å². The van der Waals surface area contributed by atoms with E-state index < -0.39 is 6.10 Å². The summed E-state index contributed by atoms with van der Waals surface area (Å²) >= 11 is 11.6. The van der Waals surface area contributed by atoms with Gasteiger partial charge in [-0.3, -0.25) is 4.98 Å². The maximum absolute atomic E-state index is 9.71. The van der Waals surface area contributed by atoms with E-state index in [1.165, 1.54) is 6.20 Å². The van der Waals surface area contributed by atoms with Gasteiger partial charge in [-0.1, -0.05) is 28.8 Å². The summed E-state index contributed by atoms with van der Waals surface area (Å²) in [5, 5.41) is 10.6. The van der Waals surface area contributed by atoms with E-state index in [4.69, 9.17) is 23.2 Å². The molecule has 0 aliphatic carbocycles. The van der Waals surface area contributed by atoms with Gasteiger partial charge in [0.1, 0.15) is 6.10 Å². The summed E-state index contributed by atoms with van der Waals surface area (Å²) in [6, 6.07) is 1.56. The Morgan fingerprint density at radius 1 is 1.64 bits per heavy atom. The van der Waals surface area contributed by atoms with Crippen molar-refractivity contribution in [1.82, 2.24) is 4.98 Å². The Kier molecular flexibility index (Phi) is 3.93. The number of hydrogen-bond acceptors (Lipinski definition) is 2. The van der Waals surface area contributed by atoms with Crippen LogP contribution in [0.25, 0.3) is 0 Å². The van der Waals surface area contributed by atoms with Gasteiger partial charge in [-0.15, -0.1) is 6.58 Å². The number of rotatable bonds is 3. The van der Waals surface area contributed by atoms with Gasteiger partial charge >= 0.3 is 0 Å². The second-order valence-electron chi connectivity index (χ2n) is 3.20. The van der Waals surface area contributed by atoms with Crippen LogP contribution in [0.5, 0.6) is 0 Å². The highest BCUT2D eigenvalue weighted by Gasteiger charge is 2.13. The van der Waals surface area contributed by atoms with Crippen LogP contribution in [0.3, 0.4) is 0 Å². The average molecular weight is 232 g/mol. The molecule has 0 aromatic carbocycles. The molecule has 1 heterocycles. The minimum atomic E-state index is -0.711. The molecule has 0 aliphatic heterocycles. The molecule has 0 bridgehead atoms. The van der Waals surface area contributed by atoms with Crippen LogP contribution in [-0.2, 0) is 0 Å². The van der Waals surface area contributed by atoms with E-state index in [0.29, 0.717) is 22.2 Å². The molecule has 14 heavy (non-hydrogen) atoms. The van der Waals surface area contributed by atoms with Gasteiger partial charge in [-0.2, -0.15) is 0 Å². The zero-order valence-electron chi connectivity index (χ0n) is 7.80. The van der Waals surface area contributed by atoms with Crippen molar-refractivity contribution in [2.24, 2.45) is 0 Å². The van der Waals surface area contributed by atoms with Crippen molar-refractivity contribution in [3.05, 3.63) is 40.2 Å². The van der Waals surface area contributed by atoms with Crippen molar-refractivity contribution in [1.29, 1.82) is 0 Å². The highest BCUT2D eigenvalue weighted by molar-refractivity contribution is 6.34. The van der Waals surface area contributed by atoms with Gasteiger partial charge in [0.25, 0.3) is 0 Å². The zero-order chi connectivity index (χ0) is 10.7. The van der Waals surface area contributed by atoms with E-state index in [0.717, 1.165) is 5.57 Å². The lowest BCUT2D eigenvalue weighted by molar-refractivity contribution is 0.174. The van der Waals surface area contributed by atoms with Crippen LogP contribution in [0.1, 0.15) is 25.1 Å². The van der Waals surface area contributed by atoms with Crippen molar-refractivity contribution >= 4 is 23.2 Å². The Hall–Kier alpha value is -0.570. The monoisotopic (exact) mass is 231 g/mol. The fourth-order valence-electron chi connectivity index (χ4n) is 1.10. The number of halogens is 2. The highest BCUT2D eigenvalue weighted by Crippen LogP contribution is 2.26. The van der Waals surface area contributed by atoms with Crippen LogP contribution in [-0.4, -0.2) is 10.1 Å². The fourth-order valence-corrected chi connectivity index (χ4v) is 1.60. The Morgan fingerprint density at radius 3 is 2.79 bits per heavy atom. The van der Waals surface area contributed by atoms with E-state index >= 15 is 0 Å². The normalized spacial score (nSPS) is 12.6. The van der Waals surface area contributed by atoms with Gasteiger partial charge in [-0.25, -0.2) is 0 Å². The second kappa shape index (κ2) is 4.78. The Morgan fingerprint density at radius 2 is 2.29 bits per heavy atom. The first-order valence-corrected chi connectivity index (χ1v) is 4.89. The molecular formula is C10H11Cl2NO. The number of hydrogen-bond donors (Lipinski definition) is 1. The summed E-state index contributed by atoms with van der Waals surface area (Å²) in [5.74, 6) is 0. The van der Waals surface area contributed by atoms with Crippen molar-refractivity contribution in [2.75, 3.05) is 0 Å². The molecule has 0 saturated heterocycles. The number of aromatic nitrogens is 1. The second-order valence-corrected chi connectivity index (χ2v) is 4.04. The van der Waals surface area contributed by atoms with E-state index in [1.54, 1.807) is 6.07 Å². The lowest BCUT2D eigenvalue weighted by atomic mass is 10.1. The number of aliphatic hydroxyl groups excluding tert-OH is 1. The van der Waals surface area contributed by atoms with Gasteiger partial charge in [0, 0.05) is 6.20 Å². The molecule has 0 spiro atoms. The molecule has 1 atom stereocenters. The lowest BCUT2D eigenvalue weighted by Gasteiger charge is -2.11. The average Bonchev–Trinajstić information content (AvgIpc) is 2.01. The molecule has 0 saturated carbocycles. The topological polar surface area (TPSA) is 33.1 Å². The molecule has 1 aromatic rings. The zero-order valence-corrected chi connectivity index (χ0v) is 9.31. The molecule has 0 aliphatic rings. The van der Waals surface area contributed by atoms with Crippen molar-refractivity contribution < 1.29 is 5.11 Å². The van der Waals surface area contributed by atoms with Crippen molar-refractivity contribution in [3.8, 4) is 0 Å². The third-order valence-electron chi connectivity index (χ3n) is 1.69. The maximum Gasteiger partial charge on any atom is 0.101 e. The molecule has 1 aromatic heterocycles. The standard InChI is InChI=1S/C10H11Cl2NO/c1-6(2)3-9(14)10-8(12)4-7(11)5-13-10/h4-5,9,14H,1,3H2,2H3. The number of nitrogens with zero attached hydrogens (tertiary/aromatic N) is 1. The van der Waals surface area contributed by atoms with Crippen molar-refractivity contribution in [3.63, 3.8) is 0 Å². The number of pyridine rings is 1. The number of aliphatic hydroxyl groups is 1. The Balaban J connectivity index is 2.90. The maximum atomic E-state index is 9.71. The third kappa shape index (κ3) is 2.98. The van der Waals surface area contributed by atoms with Crippen LogP contribution in [0, 0.1) is 0 Å². The summed E-state index contributed by atoms with van der Waals surface area (Å²) in [4.78, 5) is 3.98. The summed E-state index contributed by atoms with van der Waals surface area (Å²) < 4.78 is 0. The highest BCUT2D eigenvalue weighted by atomic mass is 35.5. The fraction of sp³-hybridized carbons (Fsp3) is 0.300. The SMILES string of the molecule is C=C(C)CC(O)c1ncc(Cl)cc1Cl. The summed E-state index contributed by atoms with van der Waals surface area (Å²) in [6.45, 7) is 5.55. The summed E-state index contributed by atoms with van der Waals surface area (Å²) in [5.41, 5.74) is 1.32. The van der Waals surface area contributed by atoms with Crippen molar-refractivity contribution in [2.45, 2.75) is 19.4 Å². The molecule has 1 N–H and O–H groups in total. The van der Waals surface area contributed by atoms with Gasteiger partial charge in [0.2, 0.25) is 0 Å². The summed E-state index contributed by atoms with van der Waals surface area (Å²) in [6.07, 6.45) is 1.20. The van der Waals surface area contributed by atoms with Gasteiger partial charge in [0.05, 0.1) is 15.7 Å². The minimum Gasteiger partial charge on any atom is -0.386 e. The molecule has 0 amide bonds. The van der Waals surface area contributed by atoms with Gasteiger partial charge in [0.15, 0.2) is 0 Å². The first-order chi connectivity index (χ1) is 6.50. The third-order valence-corrected chi connectivity index (χ3v) is 2.20. The molecule has 0 fully saturated rings. The molecular weight excluding hydrogens is 221 g/mol. The first kappa shape index (κ1) is 11.5. The van der Waals surface area contributed by atoms with Crippen LogP contribution in [0.4, 0.5) is 0 Å². The predicted octanol–water partition coefficient (Wildman–Crippen LogP) is 3.39. The largest absolute Gasteiger partial charge is 0.386 e. The molecule has 0 radical (unpaired) electrons. The van der Waals surface area contributed by atoms with Crippen LogP contribution >= 0.6 is 23.2 Å². The van der Waals surface area contributed by atoms with E-state index in [1.807, 2.05) is 6.92 Å². The quantitative estimate of drug-likeness (QED) is 0.810. The molecule has 2 nitrogen and oxygen atoms in total. The predicted molar refractivity (Wildman–Crippen MR) is 58.6 cm³/mol. The van der Waals surface area contributed by atoms with Crippen LogP contribution < -0.4 is 0 Å². The van der Waals surface area contributed by atoms with Crippen LogP contribution in [0.15, 0.2) is 24.4 Å². The Labute approximate surface area is 93.2 Å². The molecule has 76 valence electrons. The van der Waals surface area contributed by atoms with E-state index in [2.05, 4.69) is 11.6 Å². The smallest absolute Gasteiger partial charge is 0.101 e. The lowest BCUT2D eigenvalue weighted by Crippen LogP contribution is -2.01. The molecule has 1 rings (SSSR count). The van der Waals surface area contributed by atoms with Gasteiger partial charge < -0.3 is 5.11 Å². The van der Waals surface area contributed by atoms with Crippen LogP contribution in [0.2, 0.25) is 10.0 Å². The van der Waals surface area contributed by atoms with Gasteiger partial charge in [-0.05, 0) is 19.4 Å². The minimum absolute atomic E-state index is 0.381. The van der Waals surface area contributed by atoms with E-state index in [9.17, 15) is 5.11 Å². The summed E-state index contributed by atoms with van der Waals surface area (Å²) in [7, 11) is 0. The molecule has 4 heteroatoms. The molecule has 1 unspecified atom stereocenters. The first-order valence-electron chi connectivity index (χ1n) is 4.14.